The fourth-order valence-electron chi connectivity index (χ4n) is 3.28. The molecule has 0 aliphatic heterocycles. The number of halogens is 6. The molecule has 2 N–H and O–H groups in total. The van der Waals surface area contributed by atoms with E-state index in [0.717, 1.165) is 18.2 Å². The maximum atomic E-state index is 13.5. The summed E-state index contributed by atoms with van der Waals surface area (Å²) in [5.41, 5.74) is 0.221. The van der Waals surface area contributed by atoms with Crippen molar-refractivity contribution in [3.63, 3.8) is 0 Å². The highest BCUT2D eigenvalue weighted by atomic mass is 35.5. The zero-order valence-electron chi connectivity index (χ0n) is 16.8. The topological polar surface area (TPSA) is 66.0 Å². The van der Waals surface area contributed by atoms with Crippen LogP contribution in [0.2, 0.25) is 10.2 Å². The quantitative estimate of drug-likeness (QED) is 0.252. The van der Waals surface area contributed by atoms with Gasteiger partial charge in [0.05, 0.1) is 32.4 Å². The summed E-state index contributed by atoms with van der Waals surface area (Å²) < 4.78 is 52.9. The highest BCUT2D eigenvalue weighted by Crippen LogP contribution is 2.33. The Hall–Kier alpha value is -2.84. The Morgan fingerprint density at radius 2 is 1.47 bits per heavy atom. The third-order valence-electron chi connectivity index (χ3n) is 4.79. The van der Waals surface area contributed by atoms with Crippen molar-refractivity contribution >= 4 is 45.0 Å². The van der Waals surface area contributed by atoms with Crippen molar-refractivity contribution in [2.24, 2.45) is 0 Å². The molecule has 2 aromatic heterocycles. The number of benzene rings is 2. The summed E-state index contributed by atoms with van der Waals surface area (Å²) in [6.07, 6.45) is 0.811. The van der Waals surface area contributed by atoms with Gasteiger partial charge in [0.25, 0.3) is 5.56 Å². The highest BCUT2D eigenvalue weighted by molar-refractivity contribution is 6.39. The molecule has 32 heavy (non-hydrogen) atoms. The molecule has 10 heteroatoms. The van der Waals surface area contributed by atoms with Gasteiger partial charge >= 0.3 is 0 Å². The number of fused-ring (bicyclic) bond motifs is 2. The minimum absolute atomic E-state index is 0.0443. The number of pyridine rings is 2. The van der Waals surface area contributed by atoms with E-state index >= 15 is 0 Å². The van der Waals surface area contributed by atoms with Crippen molar-refractivity contribution in [2.45, 2.75) is 26.7 Å². The largest absolute Gasteiger partial charge is 0.507 e. The normalized spacial score (nSPS) is 11.0. The van der Waals surface area contributed by atoms with Crippen LogP contribution in [-0.2, 0) is 12.8 Å². The van der Waals surface area contributed by atoms with Crippen molar-refractivity contribution < 1.29 is 22.7 Å². The summed E-state index contributed by atoms with van der Waals surface area (Å²) in [7, 11) is 0. The Balaban J connectivity index is 0.000000181. The number of aromatic nitrogens is 2. The molecule has 0 amide bonds. The average molecular weight is 487 g/mol. The number of hydrogen-bond acceptors (Lipinski definition) is 3. The van der Waals surface area contributed by atoms with Gasteiger partial charge in [0, 0.05) is 23.8 Å². The minimum atomic E-state index is -0.890. The van der Waals surface area contributed by atoms with Gasteiger partial charge in [-0.15, -0.1) is 0 Å². The van der Waals surface area contributed by atoms with Crippen LogP contribution in [0.5, 0.6) is 5.75 Å². The molecule has 4 rings (SSSR count). The van der Waals surface area contributed by atoms with Crippen LogP contribution in [0, 0.1) is 23.3 Å². The maximum Gasteiger partial charge on any atom is 0.255 e. The lowest BCUT2D eigenvalue weighted by Crippen LogP contribution is -2.12. The molecule has 0 atom stereocenters. The summed E-state index contributed by atoms with van der Waals surface area (Å²) in [5, 5.41) is 10.1. The van der Waals surface area contributed by atoms with Crippen LogP contribution < -0.4 is 5.56 Å². The van der Waals surface area contributed by atoms with Crippen molar-refractivity contribution in [2.75, 3.05) is 0 Å². The molecule has 2 heterocycles. The first-order valence-corrected chi connectivity index (χ1v) is 10.2. The molecule has 4 nitrogen and oxygen atoms in total. The maximum absolute atomic E-state index is 13.5. The van der Waals surface area contributed by atoms with E-state index in [9.17, 15) is 27.5 Å². The van der Waals surface area contributed by atoms with Gasteiger partial charge in [-0.1, -0.05) is 37.0 Å². The molecule has 0 radical (unpaired) electrons. The summed E-state index contributed by atoms with van der Waals surface area (Å²) in [5.74, 6) is -3.53. The Labute approximate surface area is 189 Å². The van der Waals surface area contributed by atoms with Gasteiger partial charge in [0.2, 0.25) is 0 Å². The number of aromatic amines is 1. The molecule has 0 aliphatic rings. The van der Waals surface area contributed by atoms with Crippen LogP contribution in [0.3, 0.4) is 0 Å². The van der Waals surface area contributed by atoms with E-state index in [2.05, 4.69) is 9.97 Å². The number of rotatable bonds is 2. The van der Waals surface area contributed by atoms with Gasteiger partial charge in [-0.2, -0.15) is 0 Å². The average Bonchev–Trinajstić information content (AvgIpc) is 2.67. The van der Waals surface area contributed by atoms with Crippen molar-refractivity contribution in [1.82, 2.24) is 9.97 Å². The smallest absolute Gasteiger partial charge is 0.255 e. The van der Waals surface area contributed by atoms with Gasteiger partial charge in [0.1, 0.15) is 34.2 Å². The van der Waals surface area contributed by atoms with Gasteiger partial charge in [-0.25, -0.2) is 22.5 Å². The van der Waals surface area contributed by atoms with Gasteiger partial charge in [-0.3, -0.25) is 4.79 Å². The van der Waals surface area contributed by atoms with Gasteiger partial charge < -0.3 is 10.1 Å². The molecule has 0 fully saturated rings. The molecular weight excluding hydrogens is 471 g/mol. The third kappa shape index (κ3) is 4.38. The summed E-state index contributed by atoms with van der Waals surface area (Å²) in [6, 6.07) is 3.53. The molecule has 168 valence electrons. The molecule has 0 saturated heterocycles. The SMILES string of the molecule is CCc1c(Cl)nc2cc(F)cc(F)c2c1Cl.CCc1c(O)c2c(F)cc(F)cc2[nH]c1=O. The van der Waals surface area contributed by atoms with E-state index in [0.29, 0.717) is 18.1 Å². The standard InChI is InChI=1S/C11H7Cl2F2N.C11H9F2NO2/c1-2-6-10(12)9-7(15)3-5(14)4-8(9)16-11(6)13;1-2-6-10(15)9-7(13)3-5(12)4-8(9)14-11(6)16/h3-4H,2H2,1H3;3-4H,2H2,1H3,(H2,14,15,16). The van der Waals surface area contributed by atoms with E-state index < -0.39 is 34.6 Å². The second-order valence-corrected chi connectivity index (χ2v) is 7.51. The Morgan fingerprint density at radius 1 is 0.906 bits per heavy atom. The zero-order valence-corrected chi connectivity index (χ0v) is 18.3. The fourth-order valence-corrected chi connectivity index (χ4v) is 4.06. The van der Waals surface area contributed by atoms with Crippen LogP contribution in [0.15, 0.2) is 29.1 Å². The predicted octanol–water partition coefficient (Wildman–Crippen LogP) is 6.46. The van der Waals surface area contributed by atoms with Gasteiger partial charge in [-0.05, 0) is 18.9 Å². The van der Waals surface area contributed by atoms with Crippen LogP contribution in [0.25, 0.3) is 21.8 Å². The monoisotopic (exact) mass is 486 g/mol. The van der Waals surface area contributed by atoms with Gasteiger partial charge in [0.15, 0.2) is 0 Å². The van der Waals surface area contributed by atoms with E-state index in [1.807, 2.05) is 6.92 Å². The van der Waals surface area contributed by atoms with Crippen LogP contribution in [-0.4, -0.2) is 15.1 Å². The highest BCUT2D eigenvalue weighted by Gasteiger charge is 2.16. The second kappa shape index (κ2) is 9.34. The first-order valence-electron chi connectivity index (χ1n) is 9.44. The third-order valence-corrected chi connectivity index (χ3v) is 5.52. The molecule has 0 spiro atoms. The molecule has 0 saturated carbocycles. The van der Waals surface area contributed by atoms with Crippen molar-refractivity contribution in [3.8, 4) is 5.75 Å². The predicted molar refractivity (Wildman–Crippen MR) is 117 cm³/mol. The second-order valence-electron chi connectivity index (χ2n) is 6.78. The fraction of sp³-hybridized carbons (Fsp3) is 0.182. The van der Waals surface area contributed by atoms with E-state index in [1.165, 1.54) is 0 Å². The first kappa shape index (κ1) is 23.8. The number of aromatic hydroxyl groups is 1. The number of hydrogen-bond donors (Lipinski definition) is 2. The summed E-state index contributed by atoms with van der Waals surface area (Å²) >= 11 is 11.9. The number of H-pyrrole nitrogens is 1. The summed E-state index contributed by atoms with van der Waals surface area (Å²) in [4.78, 5) is 17.7. The summed E-state index contributed by atoms with van der Waals surface area (Å²) in [6.45, 7) is 3.50. The Morgan fingerprint density at radius 3 is 2.06 bits per heavy atom. The number of nitrogens with zero attached hydrogens (tertiary/aromatic N) is 1. The zero-order chi connectivity index (χ0) is 23.7. The van der Waals surface area contributed by atoms with Crippen molar-refractivity contribution in [1.29, 1.82) is 0 Å². The lowest BCUT2D eigenvalue weighted by molar-refractivity contribution is 0.470. The Kier molecular flexibility index (Phi) is 6.95. The molecule has 0 unspecified atom stereocenters. The van der Waals surface area contributed by atoms with Crippen LogP contribution >= 0.6 is 23.2 Å². The molecule has 4 aromatic rings. The van der Waals surface area contributed by atoms with Crippen LogP contribution in [0.4, 0.5) is 17.6 Å². The minimum Gasteiger partial charge on any atom is -0.507 e. The van der Waals surface area contributed by atoms with E-state index in [1.54, 1.807) is 6.92 Å². The van der Waals surface area contributed by atoms with Crippen LogP contribution in [0.1, 0.15) is 25.0 Å². The molecule has 0 aliphatic carbocycles. The Bertz CT molecular complexity index is 1410. The number of nitrogens with one attached hydrogen (secondary N) is 1. The lowest BCUT2D eigenvalue weighted by atomic mass is 10.1. The van der Waals surface area contributed by atoms with E-state index in [4.69, 9.17) is 23.2 Å². The van der Waals surface area contributed by atoms with Crippen molar-refractivity contribution in [3.05, 3.63) is 79.2 Å². The first-order chi connectivity index (χ1) is 15.1. The lowest BCUT2D eigenvalue weighted by Gasteiger charge is -2.08. The molecule has 0 bridgehead atoms. The van der Waals surface area contributed by atoms with E-state index in [-0.39, 0.29) is 44.0 Å². The molecular formula is C22H16Cl2F4N2O2. The molecule has 2 aromatic carbocycles.